The van der Waals surface area contributed by atoms with Crippen LogP contribution in [0.1, 0.15) is 27.2 Å². The monoisotopic (exact) mass is 413 g/mol. The van der Waals surface area contributed by atoms with E-state index in [1.165, 1.54) is 0 Å². The molecule has 124 valence electrons. The van der Waals surface area contributed by atoms with Crippen LogP contribution in [0.4, 0.5) is 0 Å². The van der Waals surface area contributed by atoms with E-state index in [9.17, 15) is 4.79 Å². The van der Waals surface area contributed by atoms with Crippen LogP contribution in [0.3, 0.4) is 0 Å². The number of carbonyl (C=O) groups excluding carboxylic acids is 1. The molecule has 1 rings (SSSR count). The van der Waals surface area contributed by atoms with Crippen LogP contribution >= 0.6 is 24.0 Å². The van der Waals surface area contributed by atoms with Gasteiger partial charge >= 0.3 is 5.97 Å². The largest absolute Gasteiger partial charge is 0.459 e. The molecule has 1 N–H and O–H groups in total. The van der Waals surface area contributed by atoms with E-state index in [1.54, 1.807) is 7.05 Å². The number of nitrogens with one attached hydrogen (secondary N) is 1. The van der Waals surface area contributed by atoms with Crippen LogP contribution in [-0.2, 0) is 14.3 Å². The molecule has 0 aromatic rings. The van der Waals surface area contributed by atoms with Gasteiger partial charge in [0.2, 0.25) is 0 Å². The maximum Gasteiger partial charge on any atom is 0.325 e. The summed E-state index contributed by atoms with van der Waals surface area (Å²) in [5, 5.41) is 3.03. The fourth-order valence-corrected chi connectivity index (χ4v) is 2.11. The highest BCUT2D eigenvalue weighted by atomic mass is 127. The van der Waals surface area contributed by atoms with Gasteiger partial charge in [0.25, 0.3) is 0 Å². The minimum absolute atomic E-state index is 0. The molecule has 21 heavy (non-hydrogen) atoms. The molecule has 1 fully saturated rings. The van der Waals surface area contributed by atoms with E-state index in [0.29, 0.717) is 11.9 Å². The van der Waals surface area contributed by atoms with Crippen molar-refractivity contribution in [2.24, 2.45) is 10.9 Å². The number of rotatable bonds is 4. The molecule has 0 amide bonds. The van der Waals surface area contributed by atoms with E-state index in [2.05, 4.69) is 10.3 Å². The van der Waals surface area contributed by atoms with Crippen molar-refractivity contribution in [3.8, 4) is 0 Å². The van der Waals surface area contributed by atoms with Crippen LogP contribution in [0.15, 0.2) is 4.99 Å². The molecular formula is C14H28IN3O3. The molecule has 1 aliphatic rings. The summed E-state index contributed by atoms with van der Waals surface area (Å²) in [4.78, 5) is 17.9. The first-order valence-corrected chi connectivity index (χ1v) is 7.03. The molecule has 1 unspecified atom stereocenters. The Morgan fingerprint density at radius 1 is 1.48 bits per heavy atom. The summed E-state index contributed by atoms with van der Waals surface area (Å²) in [6.07, 6.45) is 1.08. The maximum atomic E-state index is 11.7. The van der Waals surface area contributed by atoms with Gasteiger partial charge in [-0.3, -0.25) is 9.79 Å². The van der Waals surface area contributed by atoms with Crippen LogP contribution in [0.25, 0.3) is 0 Å². The molecular weight excluding hydrogens is 385 g/mol. The number of hydrogen-bond acceptors (Lipinski definition) is 4. The second kappa shape index (κ2) is 9.45. The highest BCUT2D eigenvalue weighted by Gasteiger charge is 2.20. The van der Waals surface area contributed by atoms with Gasteiger partial charge in [-0.15, -0.1) is 24.0 Å². The van der Waals surface area contributed by atoms with Crippen LogP contribution in [0, 0.1) is 5.92 Å². The first-order valence-electron chi connectivity index (χ1n) is 7.03. The van der Waals surface area contributed by atoms with Crippen molar-refractivity contribution in [1.29, 1.82) is 0 Å². The number of guanidine groups is 1. The molecule has 6 nitrogen and oxygen atoms in total. The Hall–Kier alpha value is -0.570. The van der Waals surface area contributed by atoms with Crippen molar-refractivity contribution in [3.05, 3.63) is 0 Å². The Kier molecular flexibility index (Phi) is 9.19. The Morgan fingerprint density at radius 2 is 2.14 bits per heavy atom. The van der Waals surface area contributed by atoms with E-state index in [-0.39, 0.29) is 36.5 Å². The van der Waals surface area contributed by atoms with E-state index in [4.69, 9.17) is 9.47 Å². The third-order valence-electron chi connectivity index (χ3n) is 2.94. The number of halogens is 1. The highest BCUT2D eigenvalue weighted by molar-refractivity contribution is 14.0. The lowest BCUT2D eigenvalue weighted by Crippen LogP contribution is -2.44. The summed E-state index contributed by atoms with van der Waals surface area (Å²) in [6.45, 7) is 8.18. The Labute approximate surface area is 144 Å². The topological polar surface area (TPSA) is 63.2 Å². The standard InChI is InChI=1S/C14H27N3O3.HI/c1-14(2,3)20-12(18)8-16-13(15-4)17(5)9-11-6-7-19-10-11;/h11H,6-10H2,1-5H3,(H,15,16);1H. The van der Waals surface area contributed by atoms with Crippen LogP contribution in [-0.4, -0.2) is 62.8 Å². The fourth-order valence-electron chi connectivity index (χ4n) is 2.11. The number of carbonyl (C=O) groups is 1. The molecule has 1 saturated heterocycles. The smallest absolute Gasteiger partial charge is 0.325 e. The molecule has 0 aromatic carbocycles. The minimum Gasteiger partial charge on any atom is -0.459 e. The van der Waals surface area contributed by atoms with Crippen molar-refractivity contribution in [2.45, 2.75) is 32.8 Å². The molecule has 0 radical (unpaired) electrons. The molecule has 0 spiro atoms. The van der Waals surface area contributed by atoms with Gasteiger partial charge in [0.1, 0.15) is 12.1 Å². The average Bonchev–Trinajstić information content (AvgIpc) is 2.80. The lowest BCUT2D eigenvalue weighted by molar-refractivity contribution is -0.153. The number of hydrogen-bond donors (Lipinski definition) is 1. The van der Waals surface area contributed by atoms with E-state index in [0.717, 1.165) is 26.2 Å². The zero-order valence-electron chi connectivity index (χ0n) is 13.6. The fraction of sp³-hybridized carbons (Fsp3) is 0.857. The van der Waals surface area contributed by atoms with E-state index in [1.807, 2.05) is 32.7 Å². The number of ether oxygens (including phenoxy) is 2. The molecule has 1 aliphatic heterocycles. The molecule has 0 saturated carbocycles. The second-order valence-electron chi connectivity index (χ2n) is 6.10. The van der Waals surface area contributed by atoms with Crippen LogP contribution < -0.4 is 5.32 Å². The van der Waals surface area contributed by atoms with Crippen molar-refractivity contribution in [1.82, 2.24) is 10.2 Å². The summed E-state index contributed by atoms with van der Waals surface area (Å²) in [7, 11) is 3.67. The normalized spacial score (nSPS) is 18.9. The highest BCUT2D eigenvalue weighted by Crippen LogP contribution is 2.13. The maximum absolute atomic E-state index is 11.7. The molecule has 7 heteroatoms. The SMILES string of the molecule is CN=C(NCC(=O)OC(C)(C)C)N(C)CC1CCOC1.I. The molecule has 0 bridgehead atoms. The Bertz CT molecular complexity index is 350. The minimum atomic E-state index is -0.463. The van der Waals surface area contributed by atoms with Gasteiger partial charge in [-0.2, -0.15) is 0 Å². The molecule has 0 aromatic heterocycles. The van der Waals surface area contributed by atoms with Gasteiger partial charge in [-0.25, -0.2) is 0 Å². The van der Waals surface area contributed by atoms with Crippen molar-refractivity contribution >= 4 is 35.9 Å². The van der Waals surface area contributed by atoms with Crippen molar-refractivity contribution in [3.63, 3.8) is 0 Å². The van der Waals surface area contributed by atoms with Gasteiger partial charge in [0, 0.05) is 33.2 Å². The predicted octanol–water partition coefficient (Wildman–Crippen LogP) is 1.49. The van der Waals surface area contributed by atoms with Gasteiger partial charge in [0.05, 0.1) is 6.61 Å². The lowest BCUT2D eigenvalue weighted by Gasteiger charge is -2.25. The van der Waals surface area contributed by atoms with Gasteiger partial charge in [-0.05, 0) is 27.2 Å². The molecule has 0 aliphatic carbocycles. The van der Waals surface area contributed by atoms with Gasteiger partial charge in [0.15, 0.2) is 5.96 Å². The Morgan fingerprint density at radius 3 is 2.62 bits per heavy atom. The van der Waals surface area contributed by atoms with Crippen LogP contribution in [0.2, 0.25) is 0 Å². The third kappa shape index (κ3) is 8.45. The van der Waals surface area contributed by atoms with Gasteiger partial charge < -0.3 is 19.7 Å². The summed E-state index contributed by atoms with van der Waals surface area (Å²) in [6, 6.07) is 0. The van der Waals surface area contributed by atoms with Crippen LogP contribution in [0.5, 0.6) is 0 Å². The first kappa shape index (κ1) is 20.4. The third-order valence-corrected chi connectivity index (χ3v) is 2.94. The summed E-state index contributed by atoms with van der Waals surface area (Å²) in [5.74, 6) is 0.944. The zero-order valence-corrected chi connectivity index (χ0v) is 16.0. The van der Waals surface area contributed by atoms with Crippen molar-refractivity contribution < 1.29 is 14.3 Å². The number of aliphatic imine (C=N–C) groups is 1. The second-order valence-corrected chi connectivity index (χ2v) is 6.10. The summed E-state index contributed by atoms with van der Waals surface area (Å²) < 4.78 is 10.6. The average molecular weight is 413 g/mol. The number of esters is 1. The van der Waals surface area contributed by atoms with Crippen molar-refractivity contribution in [2.75, 3.05) is 40.4 Å². The summed E-state index contributed by atoms with van der Waals surface area (Å²) in [5.41, 5.74) is -0.463. The molecule has 1 heterocycles. The first-order chi connectivity index (χ1) is 9.31. The quantitative estimate of drug-likeness (QED) is 0.328. The lowest BCUT2D eigenvalue weighted by atomic mass is 10.1. The zero-order chi connectivity index (χ0) is 15.2. The Balaban J connectivity index is 0.00000400. The van der Waals surface area contributed by atoms with E-state index < -0.39 is 5.60 Å². The van der Waals surface area contributed by atoms with E-state index >= 15 is 0 Å². The molecule has 1 atom stereocenters. The number of nitrogens with zero attached hydrogens (tertiary/aromatic N) is 2. The predicted molar refractivity (Wildman–Crippen MR) is 94.2 cm³/mol. The van der Waals surface area contributed by atoms with Gasteiger partial charge in [-0.1, -0.05) is 0 Å². The summed E-state index contributed by atoms with van der Waals surface area (Å²) >= 11 is 0.